The Labute approximate surface area is 114 Å². The Morgan fingerprint density at radius 1 is 0.944 bits per heavy atom. The Balaban J connectivity index is 1.77. The van der Waals surface area contributed by atoms with Gasteiger partial charge in [-0.15, -0.1) is 0 Å². The zero-order valence-corrected chi connectivity index (χ0v) is 12.7. The Morgan fingerprint density at radius 3 is 2.17 bits per heavy atom. The SMILES string of the molecule is CCCC1CCC(C2CCC(OC)C(C)C2)CC1. The molecule has 2 rings (SSSR count). The molecule has 2 fully saturated rings. The van der Waals surface area contributed by atoms with Crippen LogP contribution in [0.4, 0.5) is 0 Å². The molecule has 0 amide bonds. The van der Waals surface area contributed by atoms with Gasteiger partial charge >= 0.3 is 0 Å². The maximum atomic E-state index is 5.59. The van der Waals surface area contributed by atoms with E-state index in [4.69, 9.17) is 4.74 Å². The van der Waals surface area contributed by atoms with Crippen LogP contribution in [0.3, 0.4) is 0 Å². The Kier molecular flexibility index (Phi) is 5.54. The third kappa shape index (κ3) is 3.50. The molecule has 3 unspecified atom stereocenters. The van der Waals surface area contributed by atoms with Gasteiger partial charge in [0.2, 0.25) is 0 Å². The van der Waals surface area contributed by atoms with Gasteiger partial charge in [0.1, 0.15) is 0 Å². The highest BCUT2D eigenvalue weighted by Gasteiger charge is 2.33. The molecule has 0 aliphatic heterocycles. The lowest BCUT2D eigenvalue weighted by molar-refractivity contribution is -0.000198. The highest BCUT2D eigenvalue weighted by atomic mass is 16.5. The molecule has 0 spiro atoms. The van der Waals surface area contributed by atoms with E-state index in [-0.39, 0.29) is 0 Å². The summed E-state index contributed by atoms with van der Waals surface area (Å²) in [4.78, 5) is 0. The summed E-state index contributed by atoms with van der Waals surface area (Å²) >= 11 is 0. The van der Waals surface area contributed by atoms with Gasteiger partial charge in [-0.3, -0.25) is 0 Å². The van der Waals surface area contributed by atoms with Crippen LogP contribution in [-0.4, -0.2) is 13.2 Å². The molecule has 0 heterocycles. The maximum absolute atomic E-state index is 5.59. The first-order valence-electron chi connectivity index (χ1n) is 8.27. The molecule has 0 saturated heterocycles. The van der Waals surface area contributed by atoms with Gasteiger partial charge < -0.3 is 4.74 Å². The largest absolute Gasteiger partial charge is 0.381 e. The van der Waals surface area contributed by atoms with Gasteiger partial charge in [-0.05, 0) is 55.8 Å². The summed E-state index contributed by atoms with van der Waals surface area (Å²) < 4.78 is 5.59. The van der Waals surface area contributed by atoms with Crippen molar-refractivity contribution in [1.82, 2.24) is 0 Å². The van der Waals surface area contributed by atoms with Crippen molar-refractivity contribution in [3.8, 4) is 0 Å². The Hall–Kier alpha value is -0.0400. The number of hydrogen-bond donors (Lipinski definition) is 0. The minimum Gasteiger partial charge on any atom is -0.381 e. The van der Waals surface area contributed by atoms with Gasteiger partial charge in [0.05, 0.1) is 6.10 Å². The van der Waals surface area contributed by atoms with Crippen LogP contribution in [0.5, 0.6) is 0 Å². The molecule has 2 aliphatic carbocycles. The average molecular weight is 252 g/mol. The third-order valence-corrected chi connectivity index (χ3v) is 5.69. The van der Waals surface area contributed by atoms with E-state index in [0.717, 1.165) is 23.7 Å². The minimum absolute atomic E-state index is 0.540. The molecule has 1 heteroatoms. The molecular weight excluding hydrogens is 220 g/mol. The summed E-state index contributed by atoms with van der Waals surface area (Å²) in [5.41, 5.74) is 0. The monoisotopic (exact) mass is 252 g/mol. The molecule has 0 bridgehead atoms. The Morgan fingerprint density at radius 2 is 1.61 bits per heavy atom. The van der Waals surface area contributed by atoms with Crippen molar-refractivity contribution in [3.63, 3.8) is 0 Å². The van der Waals surface area contributed by atoms with Crippen LogP contribution in [-0.2, 0) is 4.74 Å². The summed E-state index contributed by atoms with van der Waals surface area (Å²) in [6.45, 7) is 4.73. The second kappa shape index (κ2) is 6.93. The van der Waals surface area contributed by atoms with E-state index in [1.165, 1.54) is 57.8 Å². The van der Waals surface area contributed by atoms with Crippen LogP contribution >= 0.6 is 0 Å². The second-order valence-electron chi connectivity index (χ2n) is 6.89. The normalized spacial score (nSPS) is 41.8. The fraction of sp³-hybridized carbons (Fsp3) is 1.00. The van der Waals surface area contributed by atoms with Crippen molar-refractivity contribution in [2.75, 3.05) is 7.11 Å². The van der Waals surface area contributed by atoms with Crippen LogP contribution in [0.1, 0.15) is 71.6 Å². The van der Waals surface area contributed by atoms with Crippen LogP contribution in [0.15, 0.2) is 0 Å². The van der Waals surface area contributed by atoms with Crippen LogP contribution < -0.4 is 0 Å². The lowest BCUT2D eigenvalue weighted by Gasteiger charge is -2.40. The third-order valence-electron chi connectivity index (χ3n) is 5.69. The van der Waals surface area contributed by atoms with Crippen molar-refractivity contribution >= 4 is 0 Å². The van der Waals surface area contributed by atoms with Crippen molar-refractivity contribution < 1.29 is 4.74 Å². The topological polar surface area (TPSA) is 9.23 Å². The van der Waals surface area contributed by atoms with Crippen molar-refractivity contribution in [3.05, 3.63) is 0 Å². The summed E-state index contributed by atoms with van der Waals surface area (Å²) in [6, 6.07) is 0. The highest BCUT2D eigenvalue weighted by Crippen LogP contribution is 2.42. The fourth-order valence-electron chi connectivity index (χ4n) is 4.54. The lowest BCUT2D eigenvalue weighted by Crippen LogP contribution is -2.33. The van der Waals surface area contributed by atoms with Crippen LogP contribution in [0.25, 0.3) is 0 Å². The zero-order chi connectivity index (χ0) is 13.0. The molecule has 1 nitrogen and oxygen atoms in total. The van der Waals surface area contributed by atoms with Gasteiger partial charge in [0.25, 0.3) is 0 Å². The fourth-order valence-corrected chi connectivity index (χ4v) is 4.54. The predicted octanol–water partition coefficient (Wildman–Crippen LogP) is 5.04. The molecule has 0 N–H and O–H groups in total. The van der Waals surface area contributed by atoms with Crippen molar-refractivity contribution in [1.29, 1.82) is 0 Å². The van der Waals surface area contributed by atoms with Gasteiger partial charge in [0.15, 0.2) is 0 Å². The molecule has 0 radical (unpaired) electrons. The molecule has 2 saturated carbocycles. The minimum atomic E-state index is 0.540. The van der Waals surface area contributed by atoms with Crippen molar-refractivity contribution in [2.24, 2.45) is 23.7 Å². The second-order valence-corrected chi connectivity index (χ2v) is 6.89. The van der Waals surface area contributed by atoms with Gasteiger partial charge in [0, 0.05) is 7.11 Å². The number of hydrogen-bond acceptors (Lipinski definition) is 1. The molecule has 18 heavy (non-hydrogen) atoms. The zero-order valence-electron chi connectivity index (χ0n) is 12.7. The molecule has 3 atom stereocenters. The van der Waals surface area contributed by atoms with E-state index >= 15 is 0 Å². The molecule has 0 aromatic carbocycles. The van der Waals surface area contributed by atoms with Crippen LogP contribution in [0.2, 0.25) is 0 Å². The van der Waals surface area contributed by atoms with Gasteiger partial charge in [-0.2, -0.15) is 0 Å². The molecular formula is C17H32O. The van der Waals surface area contributed by atoms with E-state index in [1.807, 2.05) is 7.11 Å². The van der Waals surface area contributed by atoms with E-state index in [9.17, 15) is 0 Å². The summed E-state index contributed by atoms with van der Waals surface area (Å²) in [5.74, 6) is 3.88. The Bertz CT molecular complexity index is 230. The van der Waals surface area contributed by atoms with E-state index in [0.29, 0.717) is 6.10 Å². The van der Waals surface area contributed by atoms with Crippen molar-refractivity contribution in [2.45, 2.75) is 77.7 Å². The first kappa shape index (κ1) is 14.4. The first-order valence-corrected chi connectivity index (χ1v) is 8.27. The molecule has 2 aliphatic rings. The number of ether oxygens (including phenoxy) is 1. The summed E-state index contributed by atoms with van der Waals surface area (Å²) in [7, 11) is 1.89. The van der Waals surface area contributed by atoms with E-state index in [2.05, 4.69) is 13.8 Å². The molecule has 0 aromatic heterocycles. The lowest BCUT2D eigenvalue weighted by atomic mass is 9.68. The van der Waals surface area contributed by atoms with Crippen LogP contribution in [0, 0.1) is 23.7 Å². The quantitative estimate of drug-likeness (QED) is 0.680. The molecule has 106 valence electrons. The maximum Gasteiger partial charge on any atom is 0.0597 e. The van der Waals surface area contributed by atoms with Gasteiger partial charge in [-0.25, -0.2) is 0 Å². The number of rotatable bonds is 4. The molecule has 0 aromatic rings. The summed E-state index contributed by atoms with van der Waals surface area (Å²) in [6.07, 6.45) is 13.6. The first-order chi connectivity index (χ1) is 8.74. The highest BCUT2D eigenvalue weighted by molar-refractivity contribution is 4.84. The smallest absolute Gasteiger partial charge is 0.0597 e. The average Bonchev–Trinajstić information content (AvgIpc) is 2.40. The van der Waals surface area contributed by atoms with Gasteiger partial charge in [-0.1, -0.05) is 39.5 Å². The predicted molar refractivity (Wildman–Crippen MR) is 77.7 cm³/mol. The number of methoxy groups -OCH3 is 1. The van der Waals surface area contributed by atoms with E-state index < -0.39 is 0 Å². The summed E-state index contributed by atoms with van der Waals surface area (Å²) in [5, 5.41) is 0. The van der Waals surface area contributed by atoms with E-state index in [1.54, 1.807) is 0 Å². The standard InChI is InChI=1S/C17H32O/c1-4-5-14-6-8-15(9-7-14)16-10-11-17(18-3)13(2)12-16/h13-17H,4-12H2,1-3H3.